The number of ether oxygens (including phenoxy) is 1. The molecule has 0 radical (unpaired) electrons. The van der Waals surface area contributed by atoms with E-state index in [2.05, 4.69) is 4.98 Å². The normalized spacial score (nSPS) is 10.7. The molecule has 1 aromatic heterocycles. The first kappa shape index (κ1) is 14.5. The van der Waals surface area contributed by atoms with Gasteiger partial charge in [-0.3, -0.25) is 9.36 Å². The van der Waals surface area contributed by atoms with Crippen LogP contribution in [0.5, 0.6) is 5.75 Å². The zero-order valence-corrected chi connectivity index (χ0v) is 11.2. The highest BCUT2D eigenvalue weighted by Crippen LogP contribution is 2.13. The molecule has 1 aromatic carbocycles. The molecule has 0 atom stereocenters. The number of carboxylic acids is 1. The van der Waals surface area contributed by atoms with Crippen molar-refractivity contribution in [2.75, 3.05) is 6.61 Å². The van der Waals surface area contributed by atoms with E-state index in [-0.39, 0.29) is 5.56 Å². The molecule has 0 unspecified atom stereocenters. The summed E-state index contributed by atoms with van der Waals surface area (Å²) in [7, 11) is 0. The minimum absolute atomic E-state index is 0.122. The Bertz CT molecular complexity index is 689. The lowest BCUT2D eigenvalue weighted by Gasteiger charge is -2.07. The molecule has 108 valence electrons. The number of nitrogens with zero attached hydrogens (tertiary/aromatic N) is 2. The van der Waals surface area contributed by atoms with Crippen LogP contribution >= 0.6 is 0 Å². The molecule has 2 rings (SSSR count). The zero-order chi connectivity index (χ0) is 15.1. The second kappa shape index (κ2) is 7.04. The van der Waals surface area contributed by atoms with E-state index in [0.29, 0.717) is 18.9 Å². The van der Waals surface area contributed by atoms with E-state index < -0.39 is 5.97 Å². The van der Waals surface area contributed by atoms with E-state index >= 15 is 0 Å². The lowest BCUT2D eigenvalue weighted by Crippen LogP contribution is -2.22. The molecule has 0 fully saturated rings. The van der Waals surface area contributed by atoms with Crippen LogP contribution in [0.1, 0.15) is 5.56 Å². The van der Waals surface area contributed by atoms with Gasteiger partial charge in [0, 0.05) is 18.3 Å². The van der Waals surface area contributed by atoms with Gasteiger partial charge in [-0.05, 0) is 23.8 Å². The molecule has 0 saturated carbocycles. The molecule has 0 saturated heterocycles. The third kappa shape index (κ3) is 4.61. The Morgan fingerprint density at radius 3 is 2.71 bits per heavy atom. The molecular formula is C15H14N2O4. The molecule has 0 spiro atoms. The minimum Gasteiger partial charge on any atom is -0.492 e. The van der Waals surface area contributed by atoms with E-state index in [0.717, 1.165) is 11.6 Å². The molecule has 0 aliphatic heterocycles. The smallest absolute Gasteiger partial charge is 0.328 e. The van der Waals surface area contributed by atoms with Gasteiger partial charge in [-0.15, -0.1) is 0 Å². The van der Waals surface area contributed by atoms with Crippen molar-refractivity contribution in [1.82, 2.24) is 9.55 Å². The van der Waals surface area contributed by atoms with E-state index in [9.17, 15) is 9.59 Å². The minimum atomic E-state index is -0.989. The molecule has 1 N–H and O–H groups in total. The molecule has 0 aliphatic carbocycles. The molecule has 1 heterocycles. The van der Waals surface area contributed by atoms with Gasteiger partial charge in [0.15, 0.2) is 0 Å². The Balaban J connectivity index is 1.88. The summed E-state index contributed by atoms with van der Waals surface area (Å²) in [5, 5.41) is 8.53. The largest absolute Gasteiger partial charge is 0.492 e. The summed E-state index contributed by atoms with van der Waals surface area (Å²) in [5.74, 6) is -0.336. The SMILES string of the molecule is O=C(O)C=Cc1ccc(OCCn2cnccc2=O)cc1. The highest BCUT2D eigenvalue weighted by molar-refractivity contribution is 5.85. The van der Waals surface area contributed by atoms with Crippen molar-refractivity contribution in [2.45, 2.75) is 6.54 Å². The first-order valence-electron chi connectivity index (χ1n) is 6.29. The van der Waals surface area contributed by atoms with Crippen LogP contribution in [0.2, 0.25) is 0 Å². The predicted octanol–water partition coefficient (Wildman–Crippen LogP) is 1.42. The number of hydrogen-bond acceptors (Lipinski definition) is 4. The Morgan fingerprint density at radius 1 is 1.29 bits per heavy atom. The first-order chi connectivity index (χ1) is 10.1. The maximum absolute atomic E-state index is 11.4. The second-order valence-corrected chi connectivity index (χ2v) is 4.20. The third-order valence-corrected chi connectivity index (χ3v) is 2.69. The van der Waals surface area contributed by atoms with Crippen molar-refractivity contribution in [3.05, 3.63) is 64.8 Å². The quantitative estimate of drug-likeness (QED) is 0.812. The summed E-state index contributed by atoms with van der Waals surface area (Å²) in [4.78, 5) is 25.7. The van der Waals surface area contributed by atoms with Crippen LogP contribution in [0.3, 0.4) is 0 Å². The van der Waals surface area contributed by atoms with Crippen LogP contribution in [0, 0.1) is 0 Å². The fourth-order valence-electron chi connectivity index (χ4n) is 1.65. The molecule has 0 amide bonds. The number of aliphatic carboxylic acids is 1. The van der Waals surface area contributed by atoms with Gasteiger partial charge in [0.05, 0.1) is 12.9 Å². The summed E-state index contributed by atoms with van der Waals surface area (Å²) in [6.45, 7) is 0.753. The molecule has 6 heteroatoms. The van der Waals surface area contributed by atoms with Gasteiger partial charge in [0.2, 0.25) is 0 Å². The summed E-state index contributed by atoms with van der Waals surface area (Å²) in [6.07, 6.45) is 5.49. The van der Waals surface area contributed by atoms with Crippen molar-refractivity contribution in [2.24, 2.45) is 0 Å². The van der Waals surface area contributed by atoms with Gasteiger partial charge < -0.3 is 9.84 Å². The van der Waals surface area contributed by atoms with Crippen molar-refractivity contribution < 1.29 is 14.6 Å². The Labute approximate surface area is 121 Å². The number of aromatic nitrogens is 2. The van der Waals surface area contributed by atoms with Crippen molar-refractivity contribution in [3.8, 4) is 5.75 Å². The van der Waals surface area contributed by atoms with Crippen LogP contribution in [-0.2, 0) is 11.3 Å². The Hall–Kier alpha value is -2.89. The maximum Gasteiger partial charge on any atom is 0.328 e. The standard InChI is InChI=1S/C15H14N2O4/c18-14-7-8-16-11-17(14)9-10-21-13-4-1-12(2-5-13)3-6-15(19)20/h1-8,11H,9-10H2,(H,19,20). The zero-order valence-electron chi connectivity index (χ0n) is 11.2. The third-order valence-electron chi connectivity index (χ3n) is 2.69. The van der Waals surface area contributed by atoms with E-state index in [1.165, 1.54) is 29.2 Å². The number of rotatable bonds is 6. The predicted molar refractivity (Wildman–Crippen MR) is 77.1 cm³/mol. The maximum atomic E-state index is 11.4. The lowest BCUT2D eigenvalue weighted by atomic mass is 10.2. The summed E-state index contributed by atoms with van der Waals surface area (Å²) in [5.41, 5.74) is 0.649. The number of carboxylic acid groups (broad SMARTS) is 1. The first-order valence-corrected chi connectivity index (χ1v) is 6.29. The van der Waals surface area contributed by atoms with Crippen LogP contribution in [0.15, 0.2) is 53.7 Å². The molecule has 21 heavy (non-hydrogen) atoms. The van der Waals surface area contributed by atoms with Crippen molar-refractivity contribution >= 4 is 12.0 Å². The van der Waals surface area contributed by atoms with E-state index in [1.807, 2.05) is 0 Å². The Morgan fingerprint density at radius 2 is 2.05 bits per heavy atom. The molecule has 0 bridgehead atoms. The molecule has 2 aromatic rings. The fraction of sp³-hybridized carbons (Fsp3) is 0.133. The summed E-state index contributed by atoms with van der Waals surface area (Å²) in [6, 6.07) is 8.39. The van der Waals surface area contributed by atoms with Gasteiger partial charge in [0.1, 0.15) is 12.4 Å². The van der Waals surface area contributed by atoms with Crippen molar-refractivity contribution in [3.63, 3.8) is 0 Å². The van der Waals surface area contributed by atoms with Gasteiger partial charge >= 0.3 is 5.97 Å². The van der Waals surface area contributed by atoms with E-state index in [4.69, 9.17) is 9.84 Å². The van der Waals surface area contributed by atoms with Gasteiger partial charge in [0.25, 0.3) is 5.56 Å². The average Bonchev–Trinajstić information content (AvgIpc) is 2.48. The Kier molecular flexibility index (Phi) is 4.87. The van der Waals surface area contributed by atoms with Crippen molar-refractivity contribution in [1.29, 1.82) is 0 Å². The van der Waals surface area contributed by atoms with E-state index in [1.54, 1.807) is 24.3 Å². The van der Waals surface area contributed by atoms with Gasteiger partial charge in [-0.25, -0.2) is 9.78 Å². The topological polar surface area (TPSA) is 81.4 Å². The van der Waals surface area contributed by atoms with Gasteiger partial charge in [-0.2, -0.15) is 0 Å². The molecule has 6 nitrogen and oxygen atoms in total. The van der Waals surface area contributed by atoms with Gasteiger partial charge in [-0.1, -0.05) is 12.1 Å². The van der Waals surface area contributed by atoms with Crippen LogP contribution in [0.4, 0.5) is 0 Å². The second-order valence-electron chi connectivity index (χ2n) is 4.20. The highest BCUT2D eigenvalue weighted by Gasteiger charge is 1.97. The van der Waals surface area contributed by atoms with Crippen LogP contribution in [-0.4, -0.2) is 27.2 Å². The highest BCUT2D eigenvalue weighted by atomic mass is 16.5. The number of carbonyl (C=O) groups is 1. The summed E-state index contributed by atoms with van der Waals surface area (Å²) < 4.78 is 6.98. The molecule has 0 aliphatic rings. The average molecular weight is 286 g/mol. The molecular weight excluding hydrogens is 272 g/mol. The van der Waals surface area contributed by atoms with Crippen LogP contribution in [0.25, 0.3) is 6.08 Å². The fourth-order valence-corrected chi connectivity index (χ4v) is 1.65. The van der Waals surface area contributed by atoms with Crippen LogP contribution < -0.4 is 10.3 Å². The summed E-state index contributed by atoms with van der Waals surface area (Å²) >= 11 is 0. The lowest BCUT2D eigenvalue weighted by molar-refractivity contribution is -0.131. The monoisotopic (exact) mass is 286 g/mol. The number of benzene rings is 1. The number of hydrogen-bond donors (Lipinski definition) is 1.